The highest BCUT2D eigenvalue weighted by molar-refractivity contribution is 5.80. The third-order valence-corrected chi connectivity index (χ3v) is 1.95. The molecule has 0 bridgehead atoms. The van der Waals surface area contributed by atoms with Gasteiger partial charge in [-0.15, -0.1) is 0 Å². The minimum absolute atomic E-state index is 1.14. The lowest BCUT2D eigenvalue weighted by Gasteiger charge is -1.90. The van der Waals surface area contributed by atoms with Crippen LogP contribution in [-0.2, 0) is 0 Å². The maximum atomic E-state index is 3.76. The van der Waals surface area contributed by atoms with E-state index >= 15 is 0 Å². The van der Waals surface area contributed by atoms with Crippen molar-refractivity contribution in [2.45, 2.75) is 0 Å². The van der Waals surface area contributed by atoms with Gasteiger partial charge in [-0.25, -0.2) is 0 Å². The minimum atomic E-state index is 1.14. The van der Waals surface area contributed by atoms with Crippen molar-refractivity contribution in [1.82, 2.24) is 15.2 Å². The molecule has 2 heterocycles. The Kier molecular flexibility index (Phi) is 3.07. The zero-order chi connectivity index (χ0) is 10.3. The van der Waals surface area contributed by atoms with E-state index in [1.807, 2.05) is 48.8 Å². The second kappa shape index (κ2) is 4.91. The molecule has 0 aliphatic heterocycles. The third-order valence-electron chi connectivity index (χ3n) is 1.95. The normalized spacial score (nSPS) is 9.33. The molecule has 3 rings (SSSR count). The molecule has 0 saturated carbocycles. The Balaban J connectivity index is 0.000000144. The van der Waals surface area contributed by atoms with Crippen molar-refractivity contribution in [2.24, 2.45) is 0 Å². The number of aromatic amines is 1. The smallest absolute Gasteiger partial charge is 0.0574 e. The van der Waals surface area contributed by atoms with Crippen molar-refractivity contribution < 1.29 is 0 Å². The number of benzene rings is 1. The van der Waals surface area contributed by atoms with Crippen molar-refractivity contribution in [3.8, 4) is 0 Å². The summed E-state index contributed by atoms with van der Waals surface area (Å²) in [5.74, 6) is 0. The van der Waals surface area contributed by atoms with Crippen LogP contribution in [0.15, 0.2) is 61.2 Å². The number of aromatic nitrogens is 3. The van der Waals surface area contributed by atoms with Gasteiger partial charge < -0.3 is 4.98 Å². The number of nitrogens with one attached hydrogen (secondary N) is 1. The average molecular weight is 197 g/mol. The minimum Gasteiger partial charge on any atom is -0.368 e. The molecule has 0 unspecified atom stereocenters. The van der Waals surface area contributed by atoms with E-state index in [4.69, 9.17) is 0 Å². The Hall–Kier alpha value is -2.16. The van der Waals surface area contributed by atoms with Gasteiger partial charge in [0.2, 0.25) is 0 Å². The first-order valence-corrected chi connectivity index (χ1v) is 4.70. The first-order valence-electron chi connectivity index (χ1n) is 4.70. The summed E-state index contributed by atoms with van der Waals surface area (Å²) in [6.45, 7) is 0. The Morgan fingerprint density at radius 2 is 1.27 bits per heavy atom. The first kappa shape index (κ1) is 9.40. The molecule has 2 aromatic heterocycles. The fraction of sp³-hybridized carbons (Fsp3) is 0. The molecule has 0 radical (unpaired) electrons. The van der Waals surface area contributed by atoms with E-state index < -0.39 is 0 Å². The number of fused-ring (bicyclic) bond motifs is 1. The van der Waals surface area contributed by atoms with Crippen LogP contribution in [0, 0.1) is 0 Å². The summed E-state index contributed by atoms with van der Waals surface area (Å²) in [5.41, 5.74) is 0. The van der Waals surface area contributed by atoms with Crippen LogP contribution in [0.4, 0.5) is 0 Å². The summed E-state index contributed by atoms with van der Waals surface area (Å²) in [6, 6.07) is 11.9. The van der Waals surface area contributed by atoms with Crippen LogP contribution < -0.4 is 0 Å². The third kappa shape index (κ3) is 2.64. The summed E-state index contributed by atoms with van der Waals surface area (Å²) >= 11 is 0. The summed E-state index contributed by atoms with van der Waals surface area (Å²) < 4.78 is 0. The zero-order valence-electron chi connectivity index (χ0n) is 8.17. The molecule has 0 fully saturated rings. The van der Waals surface area contributed by atoms with Gasteiger partial charge in [0, 0.05) is 23.2 Å². The summed E-state index contributed by atoms with van der Waals surface area (Å²) in [6.07, 6.45) is 7.27. The van der Waals surface area contributed by atoms with Crippen molar-refractivity contribution in [3.63, 3.8) is 0 Å². The van der Waals surface area contributed by atoms with E-state index in [2.05, 4.69) is 15.2 Å². The topological polar surface area (TPSA) is 41.6 Å². The molecule has 0 amide bonds. The van der Waals surface area contributed by atoms with Crippen molar-refractivity contribution in [3.05, 3.63) is 61.2 Å². The highest BCUT2D eigenvalue weighted by Gasteiger charge is 1.87. The Labute approximate surface area is 87.8 Å². The van der Waals surface area contributed by atoms with E-state index in [1.165, 1.54) is 0 Å². The van der Waals surface area contributed by atoms with Crippen LogP contribution in [0.5, 0.6) is 0 Å². The van der Waals surface area contributed by atoms with Gasteiger partial charge in [-0.3, -0.25) is 0 Å². The molecule has 0 spiro atoms. The standard InChI is InChI=1S/C8H6N2.C4H5N/c1-2-4-8-6-10-9-5-7(8)3-1;1-2-4-5-3-1/h1-6H;1-5H. The lowest BCUT2D eigenvalue weighted by Crippen LogP contribution is -1.77. The number of hydrogen-bond donors (Lipinski definition) is 1. The van der Waals surface area contributed by atoms with Crippen LogP contribution >= 0.6 is 0 Å². The molecular weight excluding hydrogens is 186 g/mol. The molecule has 0 aliphatic carbocycles. The number of H-pyrrole nitrogens is 1. The van der Waals surface area contributed by atoms with Gasteiger partial charge in [0.1, 0.15) is 0 Å². The highest BCUT2D eigenvalue weighted by Crippen LogP contribution is 2.08. The summed E-state index contributed by atoms with van der Waals surface area (Å²) in [5, 5.41) is 9.80. The molecule has 0 saturated heterocycles. The second-order valence-corrected chi connectivity index (χ2v) is 3.00. The van der Waals surface area contributed by atoms with Crippen LogP contribution in [0.2, 0.25) is 0 Å². The molecule has 74 valence electrons. The quantitative estimate of drug-likeness (QED) is 0.602. The first-order chi connectivity index (χ1) is 7.47. The Morgan fingerprint density at radius 3 is 1.67 bits per heavy atom. The van der Waals surface area contributed by atoms with Crippen LogP contribution in [0.25, 0.3) is 10.8 Å². The van der Waals surface area contributed by atoms with Crippen LogP contribution in [0.1, 0.15) is 0 Å². The van der Waals surface area contributed by atoms with E-state index in [1.54, 1.807) is 12.4 Å². The van der Waals surface area contributed by atoms with Gasteiger partial charge in [0.25, 0.3) is 0 Å². The molecule has 3 nitrogen and oxygen atoms in total. The second-order valence-electron chi connectivity index (χ2n) is 3.00. The van der Waals surface area contributed by atoms with Crippen molar-refractivity contribution >= 4 is 10.8 Å². The van der Waals surface area contributed by atoms with E-state index in [-0.39, 0.29) is 0 Å². The van der Waals surface area contributed by atoms with Gasteiger partial charge in [-0.1, -0.05) is 24.3 Å². The van der Waals surface area contributed by atoms with Crippen molar-refractivity contribution in [1.29, 1.82) is 0 Å². The lowest BCUT2D eigenvalue weighted by molar-refractivity contribution is 1.05. The summed E-state index contributed by atoms with van der Waals surface area (Å²) in [7, 11) is 0. The molecule has 15 heavy (non-hydrogen) atoms. The molecule has 1 aromatic carbocycles. The predicted octanol–water partition coefficient (Wildman–Crippen LogP) is 2.64. The lowest BCUT2D eigenvalue weighted by atomic mass is 10.2. The molecule has 0 aliphatic rings. The van der Waals surface area contributed by atoms with Gasteiger partial charge in [0.15, 0.2) is 0 Å². The molecular formula is C12H11N3. The zero-order valence-corrected chi connectivity index (χ0v) is 8.17. The average Bonchev–Trinajstić information content (AvgIpc) is 2.88. The van der Waals surface area contributed by atoms with Gasteiger partial charge in [-0.2, -0.15) is 10.2 Å². The molecule has 3 aromatic rings. The van der Waals surface area contributed by atoms with Gasteiger partial charge >= 0.3 is 0 Å². The molecule has 0 atom stereocenters. The Bertz CT molecular complexity index is 420. The van der Waals surface area contributed by atoms with E-state index in [9.17, 15) is 0 Å². The summed E-state index contributed by atoms with van der Waals surface area (Å²) in [4.78, 5) is 2.86. The number of hydrogen-bond acceptors (Lipinski definition) is 2. The SMILES string of the molecule is c1cc[nH]c1.c1ccc2cnncc2c1. The predicted molar refractivity (Wildman–Crippen MR) is 60.3 cm³/mol. The Morgan fingerprint density at radius 1 is 0.733 bits per heavy atom. The van der Waals surface area contributed by atoms with Gasteiger partial charge in [0.05, 0.1) is 12.4 Å². The maximum absolute atomic E-state index is 3.76. The monoisotopic (exact) mass is 197 g/mol. The van der Waals surface area contributed by atoms with Gasteiger partial charge in [-0.05, 0) is 12.1 Å². The fourth-order valence-electron chi connectivity index (χ4n) is 1.21. The molecule has 1 N–H and O–H groups in total. The van der Waals surface area contributed by atoms with Crippen LogP contribution in [-0.4, -0.2) is 15.2 Å². The van der Waals surface area contributed by atoms with E-state index in [0.29, 0.717) is 0 Å². The largest absolute Gasteiger partial charge is 0.368 e. The number of nitrogens with zero attached hydrogens (tertiary/aromatic N) is 2. The highest BCUT2D eigenvalue weighted by atomic mass is 15.1. The van der Waals surface area contributed by atoms with Crippen LogP contribution in [0.3, 0.4) is 0 Å². The van der Waals surface area contributed by atoms with E-state index in [0.717, 1.165) is 10.8 Å². The maximum Gasteiger partial charge on any atom is 0.0574 e. The fourth-order valence-corrected chi connectivity index (χ4v) is 1.21. The molecule has 3 heteroatoms. The number of rotatable bonds is 0. The van der Waals surface area contributed by atoms with Crippen molar-refractivity contribution in [2.75, 3.05) is 0 Å².